The van der Waals surface area contributed by atoms with Gasteiger partial charge >= 0.3 is 11.9 Å². The molecular formula is C26H30O15. The Morgan fingerprint density at radius 1 is 0.732 bits per heavy atom. The predicted octanol–water partition coefficient (Wildman–Crippen LogP) is -2.25. The first-order valence-corrected chi connectivity index (χ1v) is 12.4. The van der Waals surface area contributed by atoms with Crippen molar-refractivity contribution in [1.29, 1.82) is 0 Å². The van der Waals surface area contributed by atoms with Gasteiger partial charge in [-0.2, -0.15) is 0 Å². The van der Waals surface area contributed by atoms with Crippen molar-refractivity contribution >= 4 is 11.9 Å². The smallest absolute Gasteiger partial charge is 0.342 e. The number of carbonyl (C=O) groups excluding carboxylic acids is 2. The number of aliphatic hydroxyl groups excluding tert-OH is 6. The van der Waals surface area contributed by atoms with E-state index in [1.54, 1.807) is 0 Å². The molecule has 0 amide bonds. The Kier molecular flexibility index (Phi) is 9.43. The normalized spacial score (nSPS) is 33.3. The van der Waals surface area contributed by atoms with E-state index in [4.69, 9.17) is 23.7 Å². The fourth-order valence-corrected chi connectivity index (χ4v) is 4.37. The van der Waals surface area contributed by atoms with Gasteiger partial charge < -0.3 is 64.5 Å². The number of carbonyl (C=O) groups is 2. The fraction of sp³-hybridized carbons (Fsp3) is 0.462. The summed E-state index contributed by atoms with van der Waals surface area (Å²) >= 11 is 0. The number of aliphatic hydroxyl groups is 6. The molecule has 41 heavy (non-hydrogen) atoms. The maximum Gasteiger partial charge on any atom is 0.342 e. The summed E-state index contributed by atoms with van der Waals surface area (Å²) in [6.07, 6.45) is -14.3. The van der Waals surface area contributed by atoms with Crippen molar-refractivity contribution in [3.8, 4) is 11.5 Å². The molecule has 0 spiro atoms. The summed E-state index contributed by atoms with van der Waals surface area (Å²) < 4.78 is 26.6. The molecular weight excluding hydrogens is 552 g/mol. The number of aromatic hydroxyl groups is 2. The second-order valence-electron chi connectivity index (χ2n) is 9.43. The van der Waals surface area contributed by atoms with E-state index in [9.17, 15) is 50.4 Å². The largest absolute Gasteiger partial charge is 0.507 e. The van der Waals surface area contributed by atoms with Crippen LogP contribution in [0.1, 0.15) is 20.7 Å². The molecule has 15 heteroatoms. The summed E-state index contributed by atoms with van der Waals surface area (Å²) in [5, 5.41) is 82.0. The molecule has 2 aliphatic rings. The van der Waals surface area contributed by atoms with Crippen LogP contribution in [0.25, 0.3) is 0 Å². The number of hydrogen-bond donors (Lipinski definition) is 8. The number of phenols is 2. The first-order chi connectivity index (χ1) is 19.5. The highest BCUT2D eigenvalue weighted by Gasteiger charge is 2.59. The lowest BCUT2D eigenvalue weighted by Gasteiger charge is -2.43. The van der Waals surface area contributed by atoms with Gasteiger partial charge in [0.2, 0.25) is 5.79 Å². The Morgan fingerprint density at radius 2 is 1.24 bits per heavy atom. The van der Waals surface area contributed by atoms with Crippen molar-refractivity contribution in [3.05, 3.63) is 59.7 Å². The zero-order valence-electron chi connectivity index (χ0n) is 21.3. The van der Waals surface area contributed by atoms with Crippen LogP contribution in [0.4, 0.5) is 0 Å². The molecule has 0 bridgehead atoms. The Labute approximate surface area is 232 Å². The number of rotatable bonds is 9. The molecule has 2 aromatic carbocycles. The molecule has 2 fully saturated rings. The maximum absolute atomic E-state index is 12.3. The number of benzene rings is 2. The standard InChI is InChI=1S/C26H30O15/c27-11-26(22(34)19(31)17(40-26)10-38-24(36)13-6-2-4-8-15(13)29)41-25-21(33)20(32)18(30)16(39-25)9-37-23(35)12-5-1-3-7-14(12)28/h1-8,16-22,25,27-34H,9-11H2/t16-,17-,18-,19-,20+,21-,22+,25-,26+/m1/s1. The van der Waals surface area contributed by atoms with Crippen LogP contribution < -0.4 is 0 Å². The van der Waals surface area contributed by atoms with Gasteiger partial charge in [-0.25, -0.2) is 9.59 Å². The number of ether oxygens (including phenoxy) is 5. The van der Waals surface area contributed by atoms with Gasteiger partial charge in [-0.3, -0.25) is 0 Å². The summed E-state index contributed by atoms with van der Waals surface area (Å²) in [6, 6.07) is 11.0. The van der Waals surface area contributed by atoms with Crippen molar-refractivity contribution in [1.82, 2.24) is 0 Å². The lowest BCUT2D eigenvalue weighted by molar-refractivity contribution is -0.383. The Balaban J connectivity index is 1.42. The van der Waals surface area contributed by atoms with Gasteiger partial charge in [0.1, 0.15) is 85.2 Å². The predicted molar refractivity (Wildman–Crippen MR) is 131 cm³/mol. The number of hydrogen-bond acceptors (Lipinski definition) is 15. The van der Waals surface area contributed by atoms with Crippen LogP contribution in [0.15, 0.2) is 48.5 Å². The SMILES string of the molecule is O=C(OC[C@H]1O[C@@](CO)(O[C@H]2O[C@H](COC(=O)c3ccccc3O)[C@@H](O)[C@H](O)[C@H]2O)[C@@H](O)[C@@H]1O)c1ccccc1O. The minimum absolute atomic E-state index is 0.175. The lowest BCUT2D eigenvalue weighted by Crippen LogP contribution is -2.62. The second kappa shape index (κ2) is 12.6. The van der Waals surface area contributed by atoms with Crippen LogP contribution >= 0.6 is 0 Å². The number of esters is 2. The van der Waals surface area contributed by atoms with Crippen LogP contribution in [0.5, 0.6) is 11.5 Å². The summed E-state index contributed by atoms with van der Waals surface area (Å²) in [5.41, 5.74) is -0.359. The third-order valence-corrected chi connectivity index (χ3v) is 6.72. The van der Waals surface area contributed by atoms with E-state index in [2.05, 4.69) is 0 Å². The van der Waals surface area contributed by atoms with Crippen molar-refractivity contribution in [2.75, 3.05) is 19.8 Å². The van der Waals surface area contributed by atoms with Crippen molar-refractivity contribution in [2.24, 2.45) is 0 Å². The lowest BCUT2D eigenvalue weighted by atomic mass is 9.99. The Hall–Kier alpha value is -3.38. The van der Waals surface area contributed by atoms with Crippen LogP contribution in [0, 0.1) is 0 Å². The molecule has 0 aromatic heterocycles. The van der Waals surface area contributed by atoms with E-state index in [-0.39, 0.29) is 22.6 Å². The van der Waals surface area contributed by atoms with Crippen LogP contribution in [0.3, 0.4) is 0 Å². The number of phenolic OH excluding ortho intramolecular Hbond substituents is 2. The Bertz CT molecular complexity index is 1220. The Morgan fingerprint density at radius 3 is 1.76 bits per heavy atom. The van der Waals surface area contributed by atoms with Crippen molar-refractivity contribution in [3.63, 3.8) is 0 Å². The summed E-state index contributed by atoms with van der Waals surface area (Å²) in [6.45, 7) is -2.45. The molecule has 0 unspecified atom stereocenters. The fourth-order valence-electron chi connectivity index (χ4n) is 4.37. The topological polar surface area (TPSA) is 242 Å². The third-order valence-electron chi connectivity index (χ3n) is 6.72. The van der Waals surface area contributed by atoms with Crippen LogP contribution in [0.2, 0.25) is 0 Å². The van der Waals surface area contributed by atoms with E-state index < -0.39 is 86.6 Å². The van der Waals surface area contributed by atoms with Gasteiger partial charge in [-0.1, -0.05) is 24.3 Å². The maximum atomic E-state index is 12.3. The molecule has 9 atom stereocenters. The zero-order valence-corrected chi connectivity index (χ0v) is 21.3. The summed E-state index contributed by atoms with van der Waals surface area (Å²) in [7, 11) is 0. The van der Waals surface area contributed by atoms with Gasteiger partial charge in [0.05, 0.1) is 0 Å². The van der Waals surface area contributed by atoms with Crippen molar-refractivity contribution in [2.45, 2.75) is 54.8 Å². The molecule has 0 aliphatic carbocycles. The second-order valence-corrected chi connectivity index (χ2v) is 9.43. The molecule has 224 valence electrons. The average Bonchev–Trinajstić information content (AvgIpc) is 3.20. The van der Waals surface area contributed by atoms with Gasteiger partial charge in [-0.15, -0.1) is 0 Å². The minimum Gasteiger partial charge on any atom is -0.507 e. The van der Waals surface area contributed by atoms with Gasteiger partial charge in [0.25, 0.3) is 0 Å². The first-order valence-electron chi connectivity index (χ1n) is 12.4. The highest BCUT2D eigenvalue weighted by Crippen LogP contribution is 2.36. The first kappa shape index (κ1) is 30.6. The highest BCUT2D eigenvalue weighted by molar-refractivity contribution is 5.92. The monoisotopic (exact) mass is 582 g/mol. The minimum atomic E-state index is -2.46. The number of para-hydroxylation sites is 2. The molecule has 2 saturated heterocycles. The van der Waals surface area contributed by atoms with Gasteiger partial charge in [-0.05, 0) is 24.3 Å². The van der Waals surface area contributed by atoms with E-state index in [1.807, 2.05) is 0 Å². The van der Waals surface area contributed by atoms with Gasteiger partial charge in [0, 0.05) is 0 Å². The molecule has 15 nitrogen and oxygen atoms in total. The van der Waals surface area contributed by atoms with E-state index in [0.29, 0.717) is 0 Å². The highest BCUT2D eigenvalue weighted by atomic mass is 16.8. The van der Waals surface area contributed by atoms with Gasteiger partial charge in [0.15, 0.2) is 6.29 Å². The third kappa shape index (κ3) is 6.28. The van der Waals surface area contributed by atoms with E-state index >= 15 is 0 Å². The molecule has 8 N–H and O–H groups in total. The van der Waals surface area contributed by atoms with E-state index in [1.165, 1.54) is 48.5 Å². The summed E-state index contributed by atoms with van der Waals surface area (Å²) in [4.78, 5) is 24.6. The van der Waals surface area contributed by atoms with Crippen molar-refractivity contribution < 1.29 is 74.1 Å². The quantitative estimate of drug-likeness (QED) is 0.146. The molecule has 2 aromatic rings. The molecule has 4 rings (SSSR count). The molecule has 2 aliphatic heterocycles. The molecule has 0 radical (unpaired) electrons. The molecule has 2 heterocycles. The van der Waals surface area contributed by atoms with Crippen LogP contribution in [-0.4, -0.2) is 127 Å². The van der Waals surface area contributed by atoms with Crippen LogP contribution in [-0.2, 0) is 23.7 Å². The van der Waals surface area contributed by atoms with E-state index in [0.717, 1.165) is 0 Å². The zero-order chi connectivity index (χ0) is 29.9. The molecule has 0 saturated carbocycles. The summed E-state index contributed by atoms with van der Waals surface area (Å²) in [5.74, 6) is -5.14. The average molecular weight is 583 g/mol.